The Morgan fingerprint density at radius 3 is 2.72 bits per heavy atom. The van der Waals surface area contributed by atoms with Crippen LogP contribution >= 0.6 is 24.0 Å². The van der Waals surface area contributed by atoms with Crippen molar-refractivity contribution in [1.82, 2.24) is 0 Å². The Kier molecular flexibility index (Phi) is 5.69. The molecule has 2 heteroatoms. The Bertz CT molecular complexity index is 443. The fourth-order valence-electron chi connectivity index (χ4n) is 1.91. The van der Waals surface area contributed by atoms with E-state index in [2.05, 4.69) is 42.5 Å². The number of benzene rings is 1. The molecule has 18 heavy (non-hydrogen) atoms. The fraction of sp³-hybridized carbons (Fsp3) is 0.312. The average Bonchev–Trinajstić information content (AvgIpc) is 2.45. The molecule has 2 rings (SSSR count). The quantitative estimate of drug-likeness (QED) is 0.668. The van der Waals surface area contributed by atoms with Crippen LogP contribution in [0.15, 0.2) is 54.1 Å². The number of hydrogen-bond acceptors (Lipinski definition) is 2. The van der Waals surface area contributed by atoms with Crippen molar-refractivity contribution in [3.05, 3.63) is 59.7 Å². The topological polar surface area (TPSA) is 0 Å². The number of hydrogen-bond donors (Lipinski definition) is 0. The van der Waals surface area contributed by atoms with E-state index in [1.807, 2.05) is 6.07 Å². The molecular formula is C16H18S2. The molecule has 0 nitrogen and oxygen atoms in total. The van der Waals surface area contributed by atoms with Crippen molar-refractivity contribution in [3.63, 3.8) is 0 Å². The van der Waals surface area contributed by atoms with Gasteiger partial charge in [0.2, 0.25) is 0 Å². The SMILES string of the molecule is S=C(CCC1=CCCC=C1)SCc1ccccc1. The Hall–Kier alpha value is -0.860. The van der Waals surface area contributed by atoms with Crippen LogP contribution in [0.2, 0.25) is 0 Å². The van der Waals surface area contributed by atoms with Crippen LogP contribution in [-0.2, 0) is 5.75 Å². The lowest BCUT2D eigenvalue weighted by molar-refractivity contribution is 0.965. The van der Waals surface area contributed by atoms with Crippen LogP contribution in [-0.4, -0.2) is 4.20 Å². The van der Waals surface area contributed by atoms with Gasteiger partial charge in [-0.05, 0) is 31.2 Å². The summed E-state index contributed by atoms with van der Waals surface area (Å²) in [7, 11) is 0. The van der Waals surface area contributed by atoms with Crippen molar-refractivity contribution < 1.29 is 0 Å². The first-order valence-electron chi connectivity index (χ1n) is 6.40. The summed E-state index contributed by atoms with van der Waals surface area (Å²) < 4.78 is 1.12. The van der Waals surface area contributed by atoms with Gasteiger partial charge in [-0.2, -0.15) is 0 Å². The molecule has 0 bridgehead atoms. The van der Waals surface area contributed by atoms with E-state index in [9.17, 15) is 0 Å². The Labute approximate surface area is 119 Å². The molecule has 0 saturated carbocycles. The molecule has 1 aromatic rings. The molecular weight excluding hydrogens is 256 g/mol. The van der Waals surface area contributed by atoms with Crippen molar-refractivity contribution in [2.45, 2.75) is 31.4 Å². The summed E-state index contributed by atoms with van der Waals surface area (Å²) in [6, 6.07) is 10.5. The lowest BCUT2D eigenvalue weighted by Gasteiger charge is -2.07. The second-order valence-corrected chi connectivity index (χ2v) is 6.23. The third-order valence-electron chi connectivity index (χ3n) is 2.93. The molecule has 0 N–H and O–H groups in total. The molecule has 0 aliphatic heterocycles. The molecule has 1 aliphatic rings. The average molecular weight is 274 g/mol. The van der Waals surface area contributed by atoms with E-state index in [1.54, 1.807) is 11.8 Å². The van der Waals surface area contributed by atoms with Crippen LogP contribution in [0.4, 0.5) is 0 Å². The third-order valence-corrected chi connectivity index (χ3v) is 4.49. The second-order valence-electron chi connectivity index (χ2n) is 4.41. The molecule has 0 spiro atoms. The molecule has 0 amide bonds. The van der Waals surface area contributed by atoms with Crippen molar-refractivity contribution in [1.29, 1.82) is 0 Å². The van der Waals surface area contributed by atoms with Gasteiger partial charge in [0.1, 0.15) is 0 Å². The summed E-state index contributed by atoms with van der Waals surface area (Å²) in [5, 5.41) is 0. The van der Waals surface area contributed by atoms with Crippen LogP contribution in [0.1, 0.15) is 31.2 Å². The maximum Gasteiger partial charge on any atom is 0.0485 e. The van der Waals surface area contributed by atoms with Crippen LogP contribution in [0, 0.1) is 0 Å². The van der Waals surface area contributed by atoms with E-state index in [4.69, 9.17) is 12.2 Å². The van der Waals surface area contributed by atoms with Gasteiger partial charge in [-0.25, -0.2) is 0 Å². The molecule has 0 unspecified atom stereocenters. The van der Waals surface area contributed by atoms with E-state index in [0.29, 0.717) is 0 Å². The number of allylic oxidation sites excluding steroid dienone is 4. The standard InChI is InChI=1S/C16H18S2/c17-16(12-11-14-7-3-1-4-8-14)18-13-15-9-5-2-6-10-15/h2-3,5-10H,1,4,11-13H2. The molecule has 94 valence electrons. The van der Waals surface area contributed by atoms with Gasteiger partial charge in [0, 0.05) is 9.95 Å². The number of rotatable bonds is 5. The summed E-state index contributed by atoms with van der Waals surface area (Å²) in [6.07, 6.45) is 11.3. The van der Waals surface area contributed by atoms with Gasteiger partial charge < -0.3 is 0 Å². The van der Waals surface area contributed by atoms with Crippen LogP contribution in [0.25, 0.3) is 0 Å². The first-order chi connectivity index (χ1) is 8.84. The van der Waals surface area contributed by atoms with E-state index in [0.717, 1.165) is 22.8 Å². The van der Waals surface area contributed by atoms with Crippen LogP contribution in [0.3, 0.4) is 0 Å². The molecule has 0 heterocycles. The highest BCUT2D eigenvalue weighted by atomic mass is 32.2. The number of thiocarbonyl (C=S) groups is 1. The van der Waals surface area contributed by atoms with E-state index in [-0.39, 0.29) is 0 Å². The zero-order valence-corrected chi connectivity index (χ0v) is 12.1. The molecule has 0 fully saturated rings. The van der Waals surface area contributed by atoms with Crippen molar-refractivity contribution in [2.75, 3.05) is 0 Å². The molecule has 0 aromatic heterocycles. The lowest BCUT2D eigenvalue weighted by atomic mass is 10.0. The Morgan fingerprint density at radius 2 is 2.00 bits per heavy atom. The molecule has 0 atom stereocenters. The lowest BCUT2D eigenvalue weighted by Crippen LogP contribution is -1.93. The fourth-order valence-corrected chi connectivity index (χ4v) is 2.96. The van der Waals surface area contributed by atoms with Gasteiger partial charge in [-0.1, -0.05) is 66.4 Å². The van der Waals surface area contributed by atoms with Gasteiger partial charge >= 0.3 is 0 Å². The predicted octanol–water partition coefficient (Wildman–Crippen LogP) is 5.30. The van der Waals surface area contributed by atoms with Crippen molar-refractivity contribution in [3.8, 4) is 0 Å². The van der Waals surface area contributed by atoms with Crippen LogP contribution < -0.4 is 0 Å². The maximum atomic E-state index is 5.43. The molecule has 1 aliphatic carbocycles. The van der Waals surface area contributed by atoms with E-state index >= 15 is 0 Å². The molecule has 0 radical (unpaired) electrons. The normalized spacial score (nSPS) is 14.3. The van der Waals surface area contributed by atoms with Crippen molar-refractivity contribution in [2.24, 2.45) is 0 Å². The monoisotopic (exact) mass is 274 g/mol. The number of thioether (sulfide) groups is 1. The smallest absolute Gasteiger partial charge is 0.0485 e. The summed E-state index contributed by atoms with van der Waals surface area (Å²) >= 11 is 7.23. The van der Waals surface area contributed by atoms with Gasteiger partial charge in [-0.15, -0.1) is 11.8 Å². The Morgan fingerprint density at radius 1 is 1.17 bits per heavy atom. The van der Waals surface area contributed by atoms with Gasteiger partial charge in [-0.3, -0.25) is 0 Å². The minimum atomic E-state index is 0.995. The Balaban J connectivity index is 1.69. The third kappa shape index (κ3) is 4.79. The molecule has 1 aromatic carbocycles. The first kappa shape index (κ1) is 13.6. The summed E-state index contributed by atoms with van der Waals surface area (Å²) in [5.41, 5.74) is 2.80. The second kappa shape index (κ2) is 7.55. The highest BCUT2D eigenvalue weighted by Gasteiger charge is 2.02. The highest BCUT2D eigenvalue weighted by molar-refractivity contribution is 8.22. The van der Waals surface area contributed by atoms with E-state index in [1.165, 1.54) is 24.0 Å². The molecule has 0 saturated heterocycles. The summed E-state index contributed by atoms with van der Waals surface area (Å²) in [6.45, 7) is 0. The minimum absolute atomic E-state index is 0.995. The summed E-state index contributed by atoms with van der Waals surface area (Å²) in [4.78, 5) is 0. The predicted molar refractivity (Wildman–Crippen MR) is 86.0 cm³/mol. The minimum Gasteiger partial charge on any atom is -0.114 e. The van der Waals surface area contributed by atoms with Gasteiger partial charge in [0.05, 0.1) is 0 Å². The van der Waals surface area contributed by atoms with Crippen LogP contribution in [0.5, 0.6) is 0 Å². The largest absolute Gasteiger partial charge is 0.114 e. The summed E-state index contributed by atoms with van der Waals surface area (Å²) in [5.74, 6) is 0.995. The zero-order valence-electron chi connectivity index (χ0n) is 10.5. The zero-order chi connectivity index (χ0) is 12.6. The van der Waals surface area contributed by atoms with Gasteiger partial charge in [0.25, 0.3) is 0 Å². The highest BCUT2D eigenvalue weighted by Crippen LogP contribution is 2.20. The van der Waals surface area contributed by atoms with E-state index < -0.39 is 0 Å². The maximum absolute atomic E-state index is 5.43. The van der Waals surface area contributed by atoms with Crippen molar-refractivity contribution >= 4 is 28.2 Å². The van der Waals surface area contributed by atoms with Gasteiger partial charge in [0.15, 0.2) is 0 Å². The first-order valence-corrected chi connectivity index (χ1v) is 7.79.